The molecule has 0 N–H and O–H groups in total. The van der Waals surface area contributed by atoms with E-state index >= 15 is 0 Å². The van der Waals surface area contributed by atoms with Gasteiger partial charge in [-0.25, -0.2) is 9.37 Å². The van der Waals surface area contributed by atoms with Gasteiger partial charge in [0.2, 0.25) is 0 Å². The number of alkyl halides is 1. The molecule has 6 nitrogen and oxygen atoms in total. The first kappa shape index (κ1) is 23.8. The summed E-state index contributed by atoms with van der Waals surface area (Å²) in [7, 11) is 3.64. The molecule has 9 heteroatoms. The third-order valence-corrected chi connectivity index (χ3v) is 6.07. The second-order valence-corrected chi connectivity index (χ2v) is 7.89. The summed E-state index contributed by atoms with van der Waals surface area (Å²) in [6.45, 7) is 1.34. The van der Waals surface area contributed by atoms with Crippen LogP contribution in [0, 0.1) is 17.1 Å². The van der Waals surface area contributed by atoms with Gasteiger partial charge in [-0.1, -0.05) is 11.6 Å². The third-order valence-electron chi connectivity index (χ3n) is 5.86. The van der Waals surface area contributed by atoms with E-state index in [1.807, 2.05) is 7.05 Å². The standard InChI is InChI=1S/C22H21ClFN5O.CH3Cl/c1-27(15-5-3-14(24)4-6-15)16-9-11-29(12-10-16)21-17(13-25)22(30)28(2)18-7-8-19(23)26-20(18)21;1-2/h3-8,16H,9-12H2,1-2H3;1H3. The van der Waals surface area contributed by atoms with Crippen LogP contribution < -0.4 is 15.4 Å². The smallest absolute Gasteiger partial charge is 0.270 e. The summed E-state index contributed by atoms with van der Waals surface area (Å²) < 4.78 is 14.7. The van der Waals surface area contributed by atoms with E-state index in [2.05, 4.69) is 32.5 Å². The molecule has 168 valence electrons. The van der Waals surface area contributed by atoms with Gasteiger partial charge in [-0.05, 0) is 49.2 Å². The molecule has 3 heterocycles. The third kappa shape index (κ3) is 4.52. The van der Waals surface area contributed by atoms with E-state index in [0.717, 1.165) is 18.5 Å². The molecular weight excluding hydrogens is 452 g/mol. The van der Waals surface area contributed by atoms with E-state index in [1.165, 1.54) is 23.1 Å². The Morgan fingerprint density at radius 1 is 1.16 bits per heavy atom. The minimum atomic E-state index is -0.338. The van der Waals surface area contributed by atoms with E-state index in [9.17, 15) is 14.4 Å². The summed E-state index contributed by atoms with van der Waals surface area (Å²) in [6.07, 6.45) is 3.13. The molecule has 0 atom stereocenters. The molecule has 0 radical (unpaired) electrons. The Morgan fingerprint density at radius 2 is 1.78 bits per heavy atom. The van der Waals surface area contributed by atoms with Gasteiger partial charge in [-0.15, -0.1) is 11.6 Å². The first-order valence-corrected chi connectivity index (χ1v) is 11.2. The maximum atomic E-state index is 13.2. The normalized spacial score (nSPS) is 14.0. The molecular formula is C23H24Cl2FN5O. The summed E-state index contributed by atoms with van der Waals surface area (Å²) in [5.74, 6) is -0.255. The van der Waals surface area contributed by atoms with Crippen molar-refractivity contribution in [3.8, 4) is 6.07 Å². The molecule has 1 aromatic carbocycles. The highest BCUT2D eigenvalue weighted by Gasteiger charge is 2.28. The topological polar surface area (TPSA) is 65.2 Å². The molecule has 0 bridgehead atoms. The van der Waals surface area contributed by atoms with E-state index in [1.54, 1.807) is 31.3 Å². The number of nitrogens with zero attached hydrogens (tertiary/aromatic N) is 5. The van der Waals surface area contributed by atoms with Crippen molar-refractivity contribution in [3.05, 3.63) is 63.3 Å². The lowest BCUT2D eigenvalue weighted by molar-refractivity contribution is 0.482. The van der Waals surface area contributed by atoms with Gasteiger partial charge in [-0.3, -0.25) is 4.79 Å². The number of piperidine rings is 1. The number of aryl methyl sites for hydroxylation is 1. The highest BCUT2D eigenvalue weighted by Crippen LogP contribution is 2.32. The number of hydrogen-bond acceptors (Lipinski definition) is 5. The summed E-state index contributed by atoms with van der Waals surface area (Å²) in [5, 5.41) is 10.0. The number of pyridine rings is 2. The number of aromatic nitrogens is 2. The predicted molar refractivity (Wildman–Crippen MR) is 129 cm³/mol. The fourth-order valence-corrected chi connectivity index (χ4v) is 4.29. The van der Waals surface area contributed by atoms with Crippen molar-refractivity contribution in [1.82, 2.24) is 9.55 Å². The first-order valence-electron chi connectivity index (χ1n) is 10.1. The van der Waals surface area contributed by atoms with Crippen LogP contribution in [0.1, 0.15) is 18.4 Å². The van der Waals surface area contributed by atoms with Gasteiger partial charge in [0.1, 0.15) is 28.1 Å². The van der Waals surface area contributed by atoms with Gasteiger partial charge in [0, 0.05) is 45.3 Å². The average Bonchev–Trinajstić information content (AvgIpc) is 2.82. The van der Waals surface area contributed by atoms with Crippen molar-refractivity contribution in [3.63, 3.8) is 0 Å². The van der Waals surface area contributed by atoms with Crippen molar-refractivity contribution < 1.29 is 4.39 Å². The van der Waals surface area contributed by atoms with Gasteiger partial charge in [-0.2, -0.15) is 5.26 Å². The number of benzene rings is 1. The Bertz CT molecular complexity index is 1200. The number of hydrogen-bond donors (Lipinski definition) is 0. The SMILES string of the molecule is CCl.CN(c1ccc(F)cc1)C1CCN(c2c(C#N)c(=O)n(C)c3ccc(Cl)nc23)CC1. The predicted octanol–water partition coefficient (Wildman–Crippen LogP) is 4.56. The van der Waals surface area contributed by atoms with Crippen LogP contribution in [-0.4, -0.2) is 42.1 Å². The average molecular weight is 476 g/mol. The van der Waals surface area contributed by atoms with Crippen molar-refractivity contribution in [2.75, 3.05) is 36.3 Å². The molecule has 3 aromatic rings. The largest absolute Gasteiger partial charge is 0.371 e. The van der Waals surface area contributed by atoms with Crippen molar-refractivity contribution in [1.29, 1.82) is 5.26 Å². The van der Waals surface area contributed by atoms with Crippen LogP contribution in [-0.2, 0) is 7.05 Å². The van der Waals surface area contributed by atoms with Gasteiger partial charge in [0.25, 0.3) is 5.56 Å². The second-order valence-electron chi connectivity index (χ2n) is 7.51. The minimum Gasteiger partial charge on any atom is -0.371 e. The molecule has 0 unspecified atom stereocenters. The maximum absolute atomic E-state index is 13.2. The molecule has 2 aromatic heterocycles. The molecule has 1 aliphatic rings. The number of nitriles is 1. The molecule has 0 spiro atoms. The molecule has 1 saturated heterocycles. The first-order chi connectivity index (χ1) is 15.4. The number of halogens is 3. The highest BCUT2D eigenvalue weighted by molar-refractivity contribution is 6.29. The Kier molecular flexibility index (Phi) is 7.60. The van der Waals surface area contributed by atoms with E-state index in [0.29, 0.717) is 35.0 Å². The van der Waals surface area contributed by atoms with Crippen LogP contribution in [0.2, 0.25) is 5.15 Å². The summed E-state index contributed by atoms with van der Waals surface area (Å²) in [6, 6.07) is 12.2. The summed E-state index contributed by atoms with van der Waals surface area (Å²) in [5.41, 5.74) is 2.47. The lowest BCUT2D eigenvalue weighted by Crippen LogP contribution is -2.44. The lowest BCUT2D eigenvalue weighted by Gasteiger charge is -2.39. The quantitative estimate of drug-likeness (QED) is 0.410. The van der Waals surface area contributed by atoms with Crippen molar-refractivity contribution in [2.24, 2.45) is 7.05 Å². The molecule has 0 saturated carbocycles. The van der Waals surface area contributed by atoms with Crippen LogP contribution in [0.15, 0.2) is 41.2 Å². The van der Waals surface area contributed by atoms with E-state index < -0.39 is 0 Å². The van der Waals surface area contributed by atoms with Crippen LogP contribution in [0.3, 0.4) is 0 Å². The van der Waals surface area contributed by atoms with Gasteiger partial charge >= 0.3 is 0 Å². The molecule has 0 amide bonds. The Labute approximate surface area is 196 Å². The minimum absolute atomic E-state index is 0.0881. The maximum Gasteiger partial charge on any atom is 0.270 e. The van der Waals surface area contributed by atoms with Gasteiger partial charge in [0.15, 0.2) is 0 Å². The zero-order valence-corrected chi connectivity index (χ0v) is 19.7. The van der Waals surface area contributed by atoms with Crippen molar-refractivity contribution in [2.45, 2.75) is 18.9 Å². The molecule has 4 rings (SSSR count). The summed E-state index contributed by atoms with van der Waals surface area (Å²) in [4.78, 5) is 21.4. The zero-order chi connectivity index (χ0) is 23.4. The highest BCUT2D eigenvalue weighted by atomic mass is 35.5. The molecule has 0 aliphatic carbocycles. The van der Waals surface area contributed by atoms with Crippen LogP contribution >= 0.6 is 23.2 Å². The van der Waals surface area contributed by atoms with E-state index in [-0.39, 0.29) is 23.0 Å². The lowest BCUT2D eigenvalue weighted by atomic mass is 10.0. The van der Waals surface area contributed by atoms with Crippen LogP contribution in [0.4, 0.5) is 15.8 Å². The Balaban J connectivity index is 0.00000141. The Hall–Kier alpha value is -2.82. The molecule has 1 fully saturated rings. The molecule has 32 heavy (non-hydrogen) atoms. The zero-order valence-electron chi connectivity index (χ0n) is 18.1. The molecule has 1 aliphatic heterocycles. The number of anilines is 2. The van der Waals surface area contributed by atoms with Crippen LogP contribution in [0.25, 0.3) is 11.0 Å². The van der Waals surface area contributed by atoms with Gasteiger partial charge in [0.05, 0.1) is 11.2 Å². The Morgan fingerprint density at radius 3 is 2.38 bits per heavy atom. The summed E-state index contributed by atoms with van der Waals surface area (Å²) >= 11 is 10.8. The number of fused-ring (bicyclic) bond motifs is 1. The van der Waals surface area contributed by atoms with Crippen molar-refractivity contribution >= 4 is 45.6 Å². The number of rotatable bonds is 3. The fourth-order valence-electron chi connectivity index (χ4n) is 4.14. The second kappa shape index (κ2) is 10.2. The van der Waals surface area contributed by atoms with Gasteiger partial charge < -0.3 is 14.4 Å². The monoisotopic (exact) mass is 475 g/mol. The van der Waals surface area contributed by atoms with Crippen LogP contribution in [0.5, 0.6) is 0 Å². The fraction of sp³-hybridized carbons (Fsp3) is 0.348. The van der Waals surface area contributed by atoms with E-state index in [4.69, 9.17) is 11.6 Å².